The summed E-state index contributed by atoms with van der Waals surface area (Å²) < 4.78 is 5.80. The molecule has 1 aliphatic heterocycles. The second-order valence-electron chi connectivity index (χ2n) is 8.00. The second-order valence-corrected chi connectivity index (χ2v) is 8.00. The molecule has 0 spiro atoms. The summed E-state index contributed by atoms with van der Waals surface area (Å²) in [5, 5.41) is 3.20. The van der Waals surface area contributed by atoms with Crippen LogP contribution in [0, 0.1) is 5.41 Å². The first-order valence-corrected chi connectivity index (χ1v) is 9.01. The molecule has 0 radical (unpaired) electrons. The molecule has 3 heteroatoms. The summed E-state index contributed by atoms with van der Waals surface area (Å²) >= 11 is 0. The zero-order valence-electron chi connectivity index (χ0n) is 15.4. The number of nitrogens with zero attached hydrogens (tertiary/aromatic N) is 1. The molecule has 130 valence electrons. The number of ether oxygens (including phenoxy) is 1. The molecule has 23 heavy (non-hydrogen) atoms. The summed E-state index contributed by atoms with van der Waals surface area (Å²) in [6.45, 7) is 12.8. The van der Waals surface area contributed by atoms with Crippen molar-refractivity contribution < 1.29 is 4.74 Å². The van der Waals surface area contributed by atoms with Gasteiger partial charge in [-0.25, -0.2) is 0 Å². The van der Waals surface area contributed by atoms with Gasteiger partial charge in [-0.05, 0) is 55.4 Å². The van der Waals surface area contributed by atoms with Crippen LogP contribution in [0.5, 0.6) is 0 Å². The molecule has 0 aliphatic carbocycles. The summed E-state index contributed by atoms with van der Waals surface area (Å²) in [6, 6.07) is 9.16. The third-order valence-electron chi connectivity index (χ3n) is 4.51. The number of benzene rings is 1. The van der Waals surface area contributed by atoms with E-state index in [0.717, 1.165) is 32.2 Å². The first kappa shape index (κ1) is 18.4. The Morgan fingerprint density at radius 2 is 1.78 bits per heavy atom. The molecule has 0 unspecified atom stereocenters. The second kappa shape index (κ2) is 8.81. The Kier molecular flexibility index (Phi) is 7.07. The van der Waals surface area contributed by atoms with Crippen LogP contribution in [0.4, 0.5) is 0 Å². The summed E-state index contributed by atoms with van der Waals surface area (Å²) in [4.78, 5) is 2.55. The van der Waals surface area contributed by atoms with Crippen LogP contribution in [-0.4, -0.2) is 44.8 Å². The normalized spacial score (nSPS) is 17.6. The standard InChI is InChI=1S/C20H34N2O/c1-20(2,3)16-23-14-13-22-11-9-19(10-12-22)18-7-5-17(6-8-18)15-21-4/h5-8,19,21H,9-16H2,1-4H3. The van der Waals surface area contributed by atoms with Gasteiger partial charge in [0.25, 0.3) is 0 Å². The lowest BCUT2D eigenvalue weighted by molar-refractivity contribution is 0.0501. The number of nitrogens with one attached hydrogen (secondary N) is 1. The minimum Gasteiger partial charge on any atom is -0.380 e. The SMILES string of the molecule is CNCc1ccc(C2CCN(CCOCC(C)(C)C)CC2)cc1. The van der Waals surface area contributed by atoms with Crippen LogP contribution >= 0.6 is 0 Å². The highest BCUT2D eigenvalue weighted by Gasteiger charge is 2.20. The van der Waals surface area contributed by atoms with Gasteiger partial charge < -0.3 is 15.0 Å². The van der Waals surface area contributed by atoms with Crippen LogP contribution in [-0.2, 0) is 11.3 Å². The van der Waals surface area contributed by atoms with E-state index in [2.05, 4.69) is 55.3 Å². The molecule has 1 saturated heterocycles. The third kappa shape index (κ3) is 6.62. The molecule has 0 atom stereocenters. The van der Waals surface area contributed by atoms with Gasteiger partial charge >= 0.3 is 0 Å². The summed E-state index contributed by atoms with van der Waals surface area (Å²) in [6.07, 6.45) is 2.54. The van der Waals surface area contributed by atoms with E-state index in [1.54, 1.807) is 0 Å². The summed E-state index contributed by atoms with van der Waals surface area (Å²) in [5.41, 5.74) is 3.14. The Labute approximate surface area is 142 Å². The quantitative estimate of drug-likeness (QED) is 0.777. The Morgan fingerprint density at radius 3 is 2.35 bits per heavy atom. The van der Waals surface area contributed by atoms with Crippen molar-refractivity contribution in [2.24, 2.45) is 5.41 Å². The van der Waals surface area contributed by atoms with E-state index < -0.39 is 0 Å². The number of hydrogen-bond donors (Lipinski definition) is 1. The van der Waals surface area contributed by atoms with E-state index in [-0.39, 0.29) is 5.41 Å². The molecule has 1 heterocycles. The zero-order chi connectivity index (χ0) is 16.7. The van der Waals surface area contributed by atoms with Gasteiger partial charge in [-0.15, -0.1) is 0 Å². The van der Waals surface area contributed by atoms with E-state index >= 15 is 0 Å². The minimum atomic E-state index is 0.270. The van der Waals surface area contributed by atoms with Crippen molar-refractivity contribution in [3.05, 3.63) is 35.4 Å². The Morgan fingerprint density at radius 1 is 1.13 bits per heavy atom. The molecule has 3 nitrogen and oxygen atoms in total. The number of hydrogen-bond acceptors (Lipinski definition) is 3. The van der Waals surface area contributed by atoms with Crippen LogP contribution < -0.4 is 5.32 Å². The van der Waals surface area contributed by atoms with Crippen molar-refractivity contribution in [3.63, 3.8) is 0 Å². The van der Waals surface area contributed by atoms with E-state index in [1.807, 2.05) is 7.05 Å². The Bertz CT molecular complexity index is 442. The molecule has 0 bridgehead atoms. The van der Waals surface area contributed by atoms with Gasteiger partial charge in [0.2, 0.25) is 0 Å². The van der Waals surface area contributed by atoms with Gasteiger partial charge in [0.05, 0.1) is 13.2 Å². The Hall–Kier alpha value is -0.900. The third-order valence-corrected chi connectivity index (χ3v) is 4.51. The largest absolute Gasteiger partial charge is 0.380 e. The van der Waals surface area contributed by atoms with E-state index in [4.69, 9.17) is 4.74 Å². The highest BCUT2D eigenvalue weighted by Crippen LogP contribution is 2.28. The van der Waals surface area contributed by atoms with Crippen molar-refractivity contribution in [3.8, 4) is 0 Å². The first-order valence-electron chi connectivity index (χ1n) is 9.01. The molecule has 1 N–H and O–H groups in total. The van der Waals surface area contributed by atoms with Crippen LogP contribution in [0.1, 0.15) is 50.7 Å². The van der Waals surface area contributed by atoms with Crippen molar-refractivity contribution in [2.75, 3.05) is 39.9 Å². The highest BCUT2D eigenvalue weighted by molar-refractivity contribution is 5.25. The fourth-order valence-corrected chi connectivity index (χ4v) is 3.17. The van der Waals surface area contributed by atoms with E-state index in [1.165, 1.54) is 37.1 Å². The molecule has 2 rings (SSSR count). The minimum absolute atomic E-state index is 0.270. The lowest BCUT2D eigenvalue weighted by Crippen LogP contribution is -2.35. The maximum atomic E-state index is 5.80. The van der Waals surface area contributed by atoms with Crippen molar-refractivity contribution in [1.82, 2.24) is 10.2 Å². The van der Waals surface area contributed by atoms with Crippen LogP contribution in [0.2, 0.25) is 0 Å². The molecule has 0 saturated carbocycles. The van der Waals surface area contributed by atoms with Gasteiger partial charge in [0.1, 0.15) is 0 Å². The number of piperidine rings is 1. The molecule has 0 amide bonds. The predicted octanol–water partition coefficient (Wildman–Crippen LogP) is 3.65. The molecule has 1 aromatic carbocycles. The predicted molar refractivity (Wildman–Crippen MR) is 97.9 cm³/mol. The smallest absolute Gasteiger partial charge is 0.0593 e. The zero-order valence-corrected chi connectivity index (χ0v) is 15.4. The van der Waals surface area contributed by atoms with E-state index in [0.29, 0.717) is 0 Å². The molecule has 1 aromatic rings. The maximum Gasteiger partial charge on any atom is 0.0593 e. The molecular weight excluding hydrogens is 284 g/mol. The first-order chi connectivity index (χ1) is 11.0. The fraction of sp³-hybridized carbons (Fsp3) is 0.700. The van der Waals surface area contributed by atoms with Crippen molar-refractivity contribution in [2.45, 2.75) is 46.1 Å². The molecular formula is C20H34N2O. The summed E-state index contributed by atoms with van der Waals surface area (Å²) in [7, 11) is 1.99. The average molecular weight is 319 g/mol. The van der Waals surface area contributed by atoms with Crippen molar-refractivity contribution in [1.29, 1.82) is 0 Å². The Balaban J connectivity index is 1.69. The monoisotopic (exact) mass is 318 g/mol. The van der Waals surface area contributed by atoms with Gasteiger partial charge in [0.15, 0.2) is 0 Å². The van der Waals surface area contributed by atoms with Crippen LogP contribution in [0.3, 0.4) is 0 Å². The molecule has 0 aromatic heterocycles. The van der Waals surface area contributed by atoms with E-state index in [9.17, 15) is 0 Å². The van der Waals surface area contributed by atoms with Crippen LogP contribution in [0.25, 0.3) is 0 Å². The lowest BCUT2D eigenvalue weighted by atomic mass is 9.89. The van der Waals surface area contributed by atoms with Gasteiger partial charge in [0, 0.05) is 13.1 Å². The van der Waals surface area contributed by atoms with Gasteiger partial charge in [-0.1, -0.05) is 45.0 Å². The number of likely N-dealkylation sites (tertiary alicyclic amines) is 1. The maximum absolute atomic E-state index is 5.80. The molecule has 1 fully saturated rings. The fourth-order valence-electron chi connectivity index (χ4n) is 3.17. The van der Waals surface area contributed by atoms with Crippen molar-refractivity contribution >= 4 is 0 Å². The highest BCUT2D eigenvalue weighted by atomic mass is 16.5. The van der Waals surface area contributed by atoms with Gasteiger partial charge in [-0.3, -0.25) is 0 Å². The summed E-state index contributed by atoms with van der Waals surface area (Å²) in [5.74, 6) is 0.727. The lowest BCUT2D eigenvalue weighted by Gasteiger charge is -2.32. The molecule has 1 aliphatic rings. The van der Waals surface area contributed by atoms with Gasteiger partial charge in [-0.2, -0.15) is 0 Å². The van der Waals surface area contributed by atoms with Crippen LogP contribution in [0.15, 0.2) is 24.3 Å². The topological polar surface area (TPSA) is 24.5 Å². The number of rotatable bonds is 7. The average Bonchev–Trinajstić information content (AvgIpc) is 2.52.